The van der Waals surface area contributed by atoms with E-state index < -0.39 is 0 Å². The van der Waals surface area contributed by atoms with Crippen LogP contribution in [0.15, 0.2) is 48.5 Å². The Bertz CT molecular complexity index is 846. The molecule has 1 aromatic heterocycles. The molecule has 0 saturated carbocycles. The lowest BCUT2D eigenvalue weighted by Crippen LogP contribution is -3.00. The minimum atomic E-state index is -0.0205. The lowest BCUT2D eigenvalue weighted by Gasteiger charge is -2.10. The predicted octanol–water partition coefficient (Wildman–Crippen LogP) is -0.664. The van der Waals surface area contributed by atoms with Crippen LogP contribution in [0.2, 0.25) is 0 Å². The zero-order valence-corrected chi connectivity index (χ0v) is 15.4. The van der Waals surface area contributed by atoms with Crippen LogP contribution < -0.4 is 27.0 Å². The number of aliphatic hydroxyl groups excluding tert-OH is 1. The quantitative estimate of drug-likeness (QED) is 0.511. The highest BCUT2D eigenvalue weighted by molar-refractivity contribution is 5.97. The number of para-hydroxylation sites is 2. The summed E-state index contributed by atoms with van der Waals surface area (Å²) in [5.41, 5.74) is 2.29. The lowest BCUT2D eigenvalue weighted by atomic mass is 10.1. The third kappa shape index (κ3) is 4.18. The number of fused-ring (bicyclic) bond motifs is 1. The Kier molecular flexibility index (Phi) is 6.55. The van der Waals surface area contributed by atoms with Gasteiger partial charge < -0.3 is 36.7 Å². The first-order valence-corrected chi connectivity index (χ1v) is 7.70. The predicted molar refractivity (Wildman–Crippen MR) is 92.6 cm³/mol. The van der Waals surface area contributed by atoms with Crippen LogP contribution in [-0.4, -0.2) is 40.7 Å². The van der Waals surface area contributed by atoms with Gasteiger partial charge in [-0.25, -0.2) is 4.98 Å². The molecule has 0 amide bonds. The summed E-state index contributed by atoms with van der Waals surface area (Å²) in [4.78, 5) is 17.1. The number of nitrogens with zero attached hydrogens (tertiary/aromatic N) is 2. The summed E-state index contributed by atoms with van der Waals surface area (Å²) < 4.78 is 6.95. The number of ether oxygens (including phenoxy) is 1. The highest BCUT2D eigenvalue weighted by atomic mass is 79.9. The molecule has 0 bridgehead atoms. The summed E-state index contributed by atoms with van der Waals surface area (Å²) in [6.07, 6.45) is 0. The monoisotopic (exact) mass is 404 g/mol. The number of anilines is 1. The Morgan fingerprint density at radius 1 is 1.20 bits per heavy atom. The molecule has 1 heterocycles. The molecular weight excluding hydrogens is 386 g/mol. The molecule has 0 aliphatic heterocycles. The van der Waals surface area contributed by atoms with E-state index in [0.717, 1.165) is 11.0 Å². The second kappa shape index (κ2) is 8.64. The molecule has 132 valence electrons. The van der Waals surface area contributed by atoms with Crippen LogP contribution in [0, 0.1) is 0 Å². The van der Waals surface area contributed by atoms with Gasteiger partial charge in [0.05, 0.1) is 31.3 Å². The number of nitrogens with one attached hydrogen (secondary N) is 1. The molecule has 0 aliphatic carbocycles. The molecule has 0 atom stereocenters. The Hall–Kier alpha value is -2.38. The summed E-state index contributed by atoms with van der Waals surface area (Å²) in [6, 6.07) is 14.7. The largest absolute Gasteiger partial charge is 1.00 e. The topological polar surface area (TPSA) is 76.4 Å². The van der Waals surface area contributed by atoms with Gasteiger partial charge >= 0.3 is 0 Å². The van der Waals surface area contributed by atoms with E-state index in [1.807, 2.05) is 28.8 Å². The summed E-state index contributed by atoms with van der Waals surface area (Å²) in [5, 5.41) is 12.1. The number of aliphatic hydroxyl groups is 1. The van der Waals surface area contributed by atoms with E-state index in [4.69, 9.17) is 9.84 Å². The second-order valence-electron chi connectivity index (χ2n) is 5.31. The number of carbonyl (C=O) groups is 1. The first-order chi connectivity index (χ1) is 11.7. The number of carbonyl (C=O) groups excluding carboxylic acids is 1. The van der Waals surface area contributed by atoms with Gasteiger partial charge in [0, 0.05) is 12.1 Å². The van der Waals surface area contributed by atoms with Crippen LogP contribution in [0.4, 0.5) is 5.95 Å². The van der Waals surface area contributed by atoms with E-state index in [0.29, 0.717) is 23.8 Å². The van der Waals surface area contributed by atoms with Crippen LogP contribution in [-0.2, 0) is 6.54 Å². The van der Waals surface area contributed by atoms with Crippen LogP contribution >= 0.6 is 0 Å². The standard InChI is InChI=1S/C18H19N3O3.BrH/c1-24-14-8-6-13(7-9-14)17(23)12-21-16-5-3-2-4-15(16)20-18(21)19-10-11-22;/h2-9,22H,10-12H2,1H3,(H,19,20);1H/p-1. The van der Waals surface area contributed by atoms with Crippen molar-refractivity contribution < 1.29 is 31.6 Å². The second-order valence-corrected chi connectivity index (χ2v) is 5.31. The zero-order valence-electron chi connectivity index (χ0n) is 13.8. The van der Waals surface area contributed by atoms with Gasteiger partial charge in [0.15, 0.2) is 5.78 Å². The number of rotatable bonds is 7. The number of halogens is 1. The number of ketones is 1. The van der Waals surface area contributed by atoms with Gasteiger partial charge in [0.25, 0.3) is 0 Å². The molecule has 2 aromatic carbocycles. The molecule has 6 nitrogen and oxygen atoms in total. The van der Waals surface area contributed by atoms with E-state index in [-0.39, 0.29) is 35.9 Å². The first-order valence-electron chi connectivity index (χ1n) is 7.70. The fourth-order valence-electron chi connectivity index (χ4n) is 2.55. The maximum atomic E-state index is 12.6. The molecule has 0 aliphatic rings. The maximum absolute atomic E-state index is 12.6. The number of Topliss-reactive ketones (excluding diaryl/α,β-unsaturated/α-hetero) is 1. The smallest absolute Gasteiger partial charge is 0.204 e. The number of benzene rings is 2. The van der Waals surface area contributed by atoms with E-state index in [9.17, 15) is 4.79 Å². The van der Waals surface area contributed by atoms with Crippen LogP contribution in [0.25, 0.3) is 11.0 Å². The fourth-order valence-corrected chi connectivity index (χ4v) is 2.55. The van der Waals surface area contributed by atoms with Crippen LogP contribution in [0.1, 0.15) is 10.4 Å². The Labute approximate surface area is 156 Å². The highest BCUT2D eigenvalue weighted by Gasteiger charge is 2.14. The Morgan fingerprint density at radius 2 is 1.92 bits per heavy atom. The number of imidazole rings is 1. The first kappa shape index (κ1) is 19.0. The van der Waals surface area contributed by atoms with Gasteiger partial charge in [-0.3, -0.25) is 4.79 Å². The average Bonchev–Trinajstić information content (AvgIpc) is 2.97. The molecule has 7 heteroatoms. The molecule has 3 aromatic rings. The number of aromatic nitrogens is 2. The summed E-state index contributed by atoms with van der Waals surface area (Å²) in [5.74, 6) is 1.27. The Balaban J connectivity index is 0.00000225. The molecule has 0 unspecified atom stereocenters. The van der Waals surface area contributed by atoms with Crippen molar-refractivity contribution in [2.45, 2.75) is 6.54 Å². The molecule has 3 rings (SSSR count). The molecular formula is C18H19BrN3O3-. The Morgan fingerprint density at radius 3 is 2.60 bits per heavy atom. The number of hydrogen-bond donors (Lipinski definition) is 2. The number of hydrogen-bond acceptors (Lipinski definition) is 5. The third-order valence-electron chi connectivity index (χ3n) is 3.76. The number of methoxy groups -OCH3 is 1. The normalized spacial score (nSPS) is 10.3. The highest BCUT2D eigenvalue weighted by Crippen LogP contribution is 2.21. The van der Waals surface area contributed by atoms with Gasteiger partial charge in [0.1, 0.15) is 5.75 Å². The van der Waals surface area contributed by atoms with Crippen LogP contribution in [0.5, 0.6) is 5.75 Å². The molecule has 2 N–H and O–H groups in total. The maximum Gasteiger partial charge on any atom is 0.204 e. The van der Waals surface area contributed by atoms with Gasteiger partial charge in [0.2, 0.25) is 5.95 Å². The average molecular weight is 405 g/mol. The van der Waals surface area contributed by atoms with Gasteiger partial charge in [-0.2, -0.15) is 0 Å². The SMILES string of the molecule is COc1ccc(C(=O)Cn2c(NCCO)nc3ccccc32)cc1.[Br-]. The van der Waals surface area contributed by atoms with Crippen molar-refractivity contribution in [1.29, 1.82) is 0 Å². The van der Waals surface area contributed by atoms with Crippen molar-refractivity contribution in [3.63, 3.8) is 0 Å². The molecule has 0 spiro atoms. The van der Waals surface area contributed by atoms with Crippen LogP contribution in [0.3, 0.4) is 0 Å². The molecule has 0 saturated heterocycles. The molecule has 0 radical (unpaired) electrons. The van der Waals surface area contributed by atoms with E-state index >= 15 is 0 Å². The molecule has 0 fully saturated rings. The minimum absolute atomic E-state index is 0. The minimum Gasteiger partial charge on any atom is -1.00 e. The lowest BCUT2D eigenvalue weighted by molar-refractivity contribution is -0.0000141. The summed E-state index contributed by atoms with van der Waals surface area (Å²) in [6.45, 7) is 0.538. The van der Waals surface area contributed by atoms with Gasteiger partial charge in [-0.1, -0.05) is 12.1 Å². The van der Waals surface area contributed by atoms with Gasteiger partial charge in [-0.05, 0) is 36.4 Å². The van der Waals surface area contributed by atoms with Crippen molar-refractivity contribution >= 4 is 22.8 Å². The third-order valence-corrected chi connectivity index (χ3v) is 3.76. The zero-order chi connectivity index (χ0) is 16.9. The van der Waals surface area contributed by atoms with E-state index in [1.54, 1.807) is 31.4 Å². The molecule has 25 heavy (non-hydrogen) atoms. The van der Waals surface area contributed by atoms with Gasteiger partial charge in [-0.15, -0.1) is 0 Å². The van der Waals surface area contributed by atoms with Crippen molar-refractivity contribution in [2.75, 3.05) is 25.6 Å². The van der Waals surface area contributed by atoms with E-state index in [1.165, 1.54) is 0 Å². The van der Waals surface area contributed by atoms with E-state index in [2.05, 4.69) is 10.3 Å². The van der Waals surface area contributed by atoms with Crippen molar-refractivity contribution in [3.05, 3.63) is 54.1 Å². The van der Waals surface area contributed by atoms with Crippen molar-refractivity contribution in [3.8, 4) is 5.75 Å². The fraction of sp³-hybridized carbons (Fsp3) is 0.222. The van der Waals surface area contributed by atoms with Crippen molar-refractivity contribution in [2.24, 2.45) is 0 Å². The van der Waals surface area contributed by atoms with Crippen molar-refractivity contribution in [1.82, 2.24) is 9.55 Å². The summed E-state index contributed by atoms with van der Waals surface area (Å²) >= 11 is 0. The summed E-state index contributed by atoms with van der Waals surface area (Å²) in [7, 11) is 1.59.